The molecular weight excluding hydrogens is 370 g/mol. The van der Waals surface area contributed by atoms with Crippen LogP contribution >= 0.6 is 0 Å². The number of benzene rings is 1. The number of hydrogen-bond acceptors (Lipinski definition) is 5. The van der Waals surface area contributed by atoms with E-state index in [1.165, 1.54) is 0 Å². The van der Waals surface area contributed by atoms with Crippen molar-refractivity contribution in [2.75, 3.05) is 11.9 Å². The number of amides is 2. The summed E-state index contributed by atoms with van der Waals surface area (Å²) in [6.07, 6.45) is 6.34. The number of nitrogens with zero attached hydrogens (tertiary/aromatic N) is 3. The summed E-state index contributed by atoms with van der Waals surface area (Å²) in [5.41, 5.74) is 1.86. The predicted molar refractivity (Wildman–Crippen MR) is 107 cm³/mol. The number of carbonyl (C=O) groups is 2. The molecule has 0 spiro atoms. The molecule has 2 amide bonds. The number of nitrogens with one attached hydrogen (secondary N) is 2. The molecule has 0 radical (unpaired) electrons. The third kappa shape index (κ3) is 4.49. The number of carbonyl (C=O) groups excluding carboxylic acids is 2. The first kappa shape index (κ1) is 18.8. The van der Waals surface area contributed by atoms with Crippen LogP contribution in [0.5, 0.6) is 0 Å². The summed E-state index contributed by atoms with van der Waals surface area (Å²) in [6, 6.07) is 12.4. The fourth-order valence-corrected chi connectivity index (χ4v) is 3.19. The molecule has 1 saturated heterocycles. The van der Waals surface area contributed by atoms with E-state index in [4.69, 9.17) is 4.74 Å². The summed E-state index contributed by atoms with van der Waals surface area (Å²) in [5, 5.41) is 9.91. The highest BCUT2D eigenvalue weighted by Gasteiger charge is 2.23. The van der Waals surface area contributed by atoms with Gasteiger partial charge in [-0.25, -0.2) is 9.67 Å². The highest BCUT2D eigenvalue weighted by molar-refractivity contribution is 5.98. The fourth-order valence-electron chi connectivity index (χ4n) is 3.19. The van der Waals surface area contributed by atoms with Gasteiger partial charge in [0.2, 0.25) is 0 Å². The molecule has 2 aromatic heterocycles. The molecule has 8 heteroatoms. The van der Waals surface area contributed by atoms with Crippen molar-refractivity contribution >= 4 is 17.5 Å². The van der Waals surface area contributed by atoms with E-state index in [2.05, 4.69) is 20.7 Å². The molecule has 3 aromatic rings. The van der Waals surface area contributed by atoms with Gasteiger partial charge in [0.05, 0.1) is 0 Å². The monoisotopic (exact) mass is 391 g/mol. The summed E-state index contributed by atoms with van der Waals surface area (Å²) >= 11 is 0. The molecule has 0 aliphatic carbocycles. The van der Waals surface area contributed by atoms with Crippen molar-refractivity contribution in [3.8, 4) is 5.82 Å². The summed E-state index contributed by atoms with van der Waals surface area (Å²) < 4.78 is 7.05. The third-order valence-electron chi connectivity index (χ3n) is 4.64. The van der Waals surface area contributed by atoms with E-state index in [1.54, 1.807) is 47.5 Å². The van der Waals surface area contributed by atoms with E-state index in [0.29, 0.717) is 30.2 Å². The summed E-state index contributed by atoms with van der Waals surface area (Å²) in [6.45, 7) is 0.907. The zero-order valence-electron chi connectivity index (χ0n) is 15.7. The van der Waals surface area contributed by atoms with Crippen molar-refractivity contribution < 1.29 is 14.3 Å². The Balaban J connectivity index is 1.41. The maximum absolute atomic E-state index is 12.6. The molecule has 8 nitrogen and oxygen atoms in total. The first-order valence-corrected chi connectivity index (χ1v) is 9.45. The molecule has 1 unspecified atom stereocenters. The van der Waals surface area contributed by atoms with Crippen LogP contribution in [0.4, 0.5) is 5.69 Å². The molecule has 1 atom stereocenters. The van der Waals surface area contributed by atoms with Crippen molar-refractivity contribution in [3.63, 3.8) is 0 Å². The highest BCUT2D eigenvalue weighted by atomic mass is 16.5. The molecule has 1 aliphatic rings. The largest absolute Gasteiger partial charge is 0.368 e. The van der Waals surface area contributed by atoms with E-state index in [-0.39, 0.29) is 11.8 Å². The zero-order valence-corrected chi connectivity index (χ0v) is 15.7. The van der Waals surface area contributed by atoms with Gasteiger partial charge >= 0.3 is 0 Å². The lowest BCUT2D eigenvalue weighted by molar-refractivity contribution is -0.124. The Labute approximate surface area is 167 Å². The zero-order chi connectivity index (χ0) is 20.1. The minimum absolute atomic E-state index is 0.181. The van der Waals surface area contributed by atoms with Crippen LogP contribution in [-0.2, 0) is 16.1 Å². The lowest BCUT2D eigenvalue weighted by Gasteiger charge is -2.12. The van der Waals surface area contributed by atoms with E-state index < -0.39 is 6.10 Å². The molecule has 148 valence electrons. The minimum atomic E-state index is -0.418. The summed E-state index contributed by atoms with van der Waals surface area (Å²) in [7, 11) is 0. The van der Waals surface area contributed by atoms with E-state index in [9.17, 15) is 9.59 Å². The van der Waals surface area contributed by atoms with Crippen LogP contribution in [-0.4, -0.2) is 39.3 Å². The maximum Gasteiger partial charge on any atom is 0.253 e. The van der Waals surface area contributed by atoms with Crippen LogP contribution < -0.4 is 10.6 Å². The smallest absolute Gasteiger partial charge is 0.253 e. The van der Waals surface area contributed by atoms with Gasteiger partial charge in [-0.05, 0) is 43.2 Å². The summed E-state index contributed by atoms with van der Waals surface area (Å²) in [4.78, 5) is 29.2. The average Bonchev–Trinajstić information content (AvgIpc) is 3.47. The Morgan fingerprint density at radius 2 is 2.10 bits per heavy atom. The molecular formula is C21H21N5O3. The molecule has 4 rings (SSSR count). The Morgan fingerprint density at radius 3 is 2.90 bits per heavy atom. The van der Waals surface area contributed by atoms with Crippen molar-refractivity contribution in [3.05, 3.63) is 72.2 Å². The quantitative estimate of drug-likeness (QED) is 0.672. The number of hydrogen-bond donors (Lipinski definition) is 2. The third-order valence-corrected chi connectivity index (χ3v) is 4.64. The second kappa shape index (κ2) is 8.66. The first-order valence-electron chi connectivity index (χ1n) is 9.45. The van der Waals surface area contributed by atoms with Crippen LogP contribution in [0.15, 0.2) is 61.1 Å². The molecule has 1 fully saturated rings. The van der Waals surface area contributed by atoms with E-state index in [1.807, 2.05) is 18.2 Å². The van der Waals surface area contributed by atoms with Gasteiger partial charge in [0.1, 0.15) is 6.10 Å². The second-order valence-corrected chi connectivity index (χ2v) is 6.69. The minimum Gasteiger partial charge on any atom is -0.368 e. The van der Waals surface area contributed by atoms with Gasteiger partial charge in [0.25, 0.3) is 11.8 Å². The summed E-state index contributed by atoms with van der Waals surface area (Å²) in [5.74, 6) is 0.239. The molecule has 29 heavy (non-hydrogen) atoms. The van der Waals surface area contributed by atoms with Gasteiger partial charge < -0.3 is 15.4 Å². The number of aromatic nitrogens is 3. The van der Waals surface area contributed by atoms with E-state index in [0.717, 1.165) is 18.4 Å². The van der Waals surface area contributed by atoms with Gasteiger partial charge in [0.15, 0.2) is 5.82 Å². The van der Waals surface area contributed by atoms with Crippen LogP contribution in [0.3, 0.4) is 0 Å². The number of rotatable bonds is 6. The van der Waals surface area contributed by atoms with E-state index >= 15 is 0 Å². The second-order valence-electron chi connectivity index (χ2n) is 6.69. The standard InChI is InChI=1S/C21H21N5O3/c27-20(23-14-16-6-2-9-22-19(16)26-11-4-10-24-26)15-5-1-7-17(13-15)25-21(28)18-8-3-12-29-18/h1-2,4-7,9-11,13,18H,3,8,12,14H2,(H,23,27)(H,25,28). The van der Waals surface area contributed by atoms with Crippen LogP contribution in [0.1, 0.15) is 28.8 Å². The van der Waals surface area contributed by atoms with Crippen molar-refractivity contribution in [2.45, 2.75) is 25.5 Å². The molecule has 2 N–H and O–H groups in total. The Kier molecular flexibility index (Phi) is 5.62. The first-order chi connectivity index (χ1) is 14.2. The lowest BCUT2D eigenvalue weighted by Crippen LogP contribution is -2.27. The Bertz CT molecular complexity index is 997. The number of pyridine rings is 1. The topological polar surface area (TPSA) is 98.1 Å². The predicted octanol–water partition coefficient (Wildman–Crippen LogP) is 2.31. The fraction of sp³-hybridized carbons (Fsp3) is 0.238. The molecule has 0 saturated carbocycles. The van der Waals surface area contributed by atoms with Gasteiger partial charge in [-0.2, -0.15) is 5.10 Å². The molecule has 3 heterocycles. The van der Waals surface area contributed by atoms with Crippen LogP contribution in [0, 0.1) is 0 Å². The SMILES string of the molecule is O=C(NCc1cccnc1-n1cccn1)c1cccc(NC(=O)C2CCCO2)c1. The Morgan fingerprint density at radius 1 is 1.17 bits per heavy atom. The lowest BCUT2D eigenvalue weighted by atomic mass is 10.1. The van der Waals surface area contributed by atoms with Crippen molar-refractivity contribution in [2.24, 2.45) is 0 Å². The number of ether oxygens (including phenoxy) is 1. The van der Waals surface area contributed by atoms with Gasteiger partial charge in [-0.1, -0.05) is 12.1 Å². The van der Waals surface area contributed by atoms with Crippen LogP contribution in [0.25, 0.3) is 5.82 Å². The van der Waals surface area contributed by atoms with Gasteiger partial charge in [-0.3, -0.25) is 9.59 Å². The maximum atomic E-state index is 12.6. The normalized spacial score (nSPS) is 15.8. The molecule has 0 bridgehead atoms. The van der Waals surface area contributed by atoms with Crippen molar-refractivity contribution in [1.82, 2.24) is 20.1 Å². The average molecular weight is 391 g/mol. The molecule has 1 aliphatic heterocycles. The highest BCUT2D eigenvalue weighted by Crippen LogP contribution is 2.17. The Hall–Kier alpha value is -3.52. The van der Waals surface area contributed by atoms with Gasteiger partial charge in [-0.15, -0.1) is 0 Å². The van der Waals surface area contributed by atoms with Gasteiger partial charge in [0, 0.05) is 48.6 Å². The number of anilines is 1. The molecule has 1 aromatic carbocycles. The van der Waals surface area contributed by atoms with Crippen molar-refractivity contribution in [1.29, 1.82) is 0 Å². The van der Waals surface area contributed by atoms with Crippen LogP contribution in [0.2, 0.25) is 0 Å².